The molecule has 1 saturated carbocycles. The first-order valence-electron chi connectivity index (χ1n) is 6.00. The quantitative estimate of drug-likeness (QED) is 0.815. The molecular weight excluding hydrogens is 307 g/mol. The summed E-state index contributed by atoms with van der Waals surface area (Å²) in [5.41, 5.74) is -0.410. The van der Waals surface area contributed by atoms with Gasteiger partial charge in [-0.25, -0.2) is 26.4 Å². The van der Waals surface area contributed by atoms with Gasteiger partial charge >= 0.3 is 0 Å². The van der Waals surface area contributed by atoms with Gasteiger partial charge < -0.3 is 0 Å². The minimum atomic E-state index is -4.01. The van der Waals surface area contributed by atoms with Crippen molar-refractivity contribution in [3.05, 3.63) is 24.0 Å². The van der Waals surface area contributed by atoms with Crippen LogP contribution in [0.25, 0.3) is 0 Å². The molecular formula is C11H15FN2O4S2. The fourth-order valence-electron chi connectivity index (χ4n) is 1.71. The highest BCUT2D eigenvalue weighted by Crippen LogP contribution is 2.32. The monoisotopic (exact) mass is 322 g/mol. The molecule has 1 aliphatic carbocycles. The van der Waals surface area contributed by atoms with Crippen molar-refractivity contribution < 1.29 is 21.2 Å². The zero-order valence-electron chi connectivity index (χ0n) is 10.5. The third kappa shape index (κ3) is 4.15. The summed E-state index contributed by atoms with van der Waals surface area (Å²) in [6, 6.07) is 2.71. The molecule has 0 unspecified atom stereocenters. The van der Waals surface area contributed by atoms with Crippen LogP contribution in [0.2, 0.25) is 0 Å². The molecule has 0 aliphatic heterocycles. The summed E-state index contributed by atoms with van der Waals surface area (Å²) in [5, 5.41) is 4.92. The van der Waals surface area contributed by atoms with Crippen molar-refractivity contribution in [2.75, 3.05) is 10.5 Å². The van der Waals surface area contributed by atoms with E-state index in [1.54, 1.807) is 0 Å². The Morgan fingerprint density at radius 1 is 1.25 bits per heavy atom. The van der Waals surface area contributed by atoms with Gasteiger partial charge in [-0.15, -0.1) is 0 Å². The van der Waals surface area contributed by atoms with Crippen LogP contribution in [0.1, 0.15) is 19.3 Å². The first-order valence-corrected chi connectivity index (χ1v) is 9.20. The highest BCUT2D eigenvalue weighted by atomic mass is 32.2. The van der Waals surface area contributed by atoms with Crippen molar-refractivity contribution in [2.45, 2.75) is 24.2 Å². The third-order valence-electron chi connectivity index (χ3n) is 3.02. The van der Waals surface area contributed by atoms with Gasteiger partial charge in [-0.3, -0.25) is 4.72 Å². The van der Waals surface area contributed by atoms with E-state index in [9.17, 15) is 21.2 Å². The van der Waals surface area contributed by atoms with E-state index in [0.717, 1.165) is 31.0 Å². The Morgan fingerprint density at radius 3 is 2.45 bits per heavy atom. The van der Waals surface area contributed by atoms with Crippen molar-refractivity contribution in [1.82, 2.24) is 0 Å². The van der Waals surface area contributed by atoms with Gasteiger partial charge in [0.05, 0.1) is 16.3 Å². The van der Waals surface area contributed by atoms with Crippen LogP contribution < -0.4 is 9.86 Å². The molecule has 112 valence electrons. The van der Waals surface area contributed by atoms with Crippen LogP contribution >= 0.6 is 0 Å². The lowest BCUT2D eigenvalue weighted by Gasteiger charge is -2.09. The molecule has 2 rings (SSSR count). The van der Waals surface area contributed by atoms with Crippen LogP contribution in [-0.4, -0.2) is 22.6 Å². The van der Waals surface area contributed by atoms with E-state index in [2.05, 4.69) is 4.72 Å². The standard InChI is InChI=1S/C11H15FN2O4S2/c12-10-4-3-9(20(13,17)18)7-11(10)14-19(15,16)6-5-8-1-2-8/h3-4,7-8,14H,1-2,5-6H2,(H2,13,17,18). The maximum Gasteiger partial charge on any atom is 0.238 e. The normalized spacial score (nSPS) is 16.1. The summed E-state index contributed by atoms with van der Waals surface area (Å²) in [4.78, 5) is -0.348. The Hall–Kier alpha value is -1.19. The second kappa shape index (κ2) is 5.30. The number of hydrogen-bond acceptors (Lipinski definition) is 4. The summed E-state index contributed by atoms with van der Waals surface area (Å²) in [5.74, 6) is -0.545. The molecule has 0 amide bonds. The molecule has 0 atom stereocenters. The highest BCUT2D eigenvalue weighted by Gasteiger charge is 2.24. The average molecular weight is 322 g/mol. The van der Waals surface area contributed by atoms with E-state index in [1.807, 2.05) is 0 Å². The average Bonchev–Trinajstić information content (AvgIpc) is 3.12. The zero-order valence-corrected chi connectivity index (χ0v) is 12.2. The van der Waals surface area contributed by atoms with Gasteiger partial charge in [0.15, 0.2) is 0 Å². The fourth-order valence-corrected chi connectivity index (χ4v) is 3.48. The van der Waals surface area contributed by atoms with Gasteiger partial charge in [-0.1, -0.05) is 12.8 Å². The number of rotatable bonds is 6. The Morgan fingerprint density at radius 2 is 1.90 bits per heavy atom. The Bertz CT molecular complexity index is 712. The second-order valence-corrected chi connectivity index (χ2v) is 8.24. The minimum Gasteiger partial charge on any atom is -0.281 e. The van der Waals surface area contributed by atoms with Gasteiger partial charge in [0.2, 0.25) is 20.0 Å². The predicted molar refractivity (Wildman–Crippen MR) is 72.5 cm³/mol. The van der Waals surface area contributed by atoms with Crippen LogP contribution in [0.5, 0.6) is 0 Å². The molecule has 6 nitrogen and oxygen atoms in total. The summed E-state index contributed by atoms with van der Waals surface area (Å²) < 4.78 is 61.5. The molecule has 0 radical (unpaired) electrons. The van der Waals surface area contributed by atoms with E-state index >= 15 is 0 Å². The van der Waals surface area contributed by atoms with Gasteiger partial charge in [0, 0.05) is 0 Å². The molecule has 20 heavy (non-hydrogen) atoms. The number of anilines is 1. The summed E-state index contributed by atoms with van der Waals surface area (Å²) in [7, 11) is -7.71. The molecule has 0 heterocycles. The molecule has 1 aliphatic rings. The summed E-state index contributed by atoms with van der Waals surface area (Å²) >= 11 is 0. The summed E-state index contributed by atoms with van der Waals surface area (Å²) in [6.45, 7) is 0. The molecule has 9 heteroatoms. The Kier molecular flexibility index (Phi) is 4.03. The van der Waals surface area contributed by atoms with Crippen molar-refractivity contribution >= 4 is 25.7 Å². The lowest BCUT2D eigenvalue weighted by Crippen LogP contribution is -2.19. The van der Waals surface area contributed by atoms with Gasteiger partial charge in [0.1, 0.15) is 5.82 Å². The molecule has 3 N–H and O–H groups in total. The maximum absolute atomic E-state index is 13.5. The van der Waals surface area contributed by atoms with E-state index in [1.165, 1.54) is 0 Å². The van der Waals surface area contributed by atoms with E-state index < -0.39 is 31.6 Å². The number of sulfonamides is 2. The topological polar surface area (TPSA) is 106 Å². The predicted octanol–water partition coefficient (Wildman–Crippen LogP) is 1.01. The Balaban J connectivity index is 2.19. The lowest BCUT2D eigenvalue weighted by molar-refractivity contribution is 0.590. The van der Waals surface area contributed by atoms with Crippen molar-refractivity contribution in [3.63, 3.8) is 0 Å². The largest absolute Gasteiger partial charge is 0.281 e. The van der Waals surface area contributed by atoms with Gasteiger partial charge in [-0.2, -0.15) is 0 Å². The lowest BCUT2D eigenvalue weighted by atomic mass is 10.3. The van der Waals surface area contributed by atoms with Gasteiger partial charge in [-0.05, 0) is 30.5 Å². The number of hydrogen-bond donors (Lipinski definition) is 2. The number of benzene rings is 1. The van der Waals surface area contributed by atoms with E-state index in [4.69, 9.17) is 5.14 Å². The number of primary sulfonamides is 1. The van der Waals surface area contributed by atoms with Crippen LogP contribution in [0.15, 0.2) is 23.1 Å². The zero-order chi connectivity index (χ0) is 15.0. The van der Waals surface area contributed by atoms with Crippen LogP contribution in [-0.2, 0) is 20.0 Å². The van der Waals surface area contributed by atoms with E-state index in [-0.39, 0.29) is 10.6 Å². The Labute approximate surface area is 117 Å². The van der Waals surface area contributed by atoms with Crippen LogP contribution in [0, 0.1) is 11.7 Å². The number of nitrogens with one attached hydrogen (secondary N) is 1. The molecule has 0 spiro atoms. The third-order valence-corrected chi connectivity index (χ3v) is 5.24. The first kappa shape index (κ1) is 15.2. The molecule has 1 aromatic rings. The van der Waals surface area contributed by atoms with E-state index in [0.29, 0.717) is 12.3 Å². The van der Waals surface area contributed by atoms with Crippen molar-refractivity contribution in [1.29, 1.82) is 0 Å². The highest BCUT2D eigenvalue weighted by molar-refractivity contribution is 7.92. The van der Waals surface area contributed by atoms with Crippen molar-refractivity contribution in [3.8, 4) is 0 Å². The van der Waals surface area contributed by atoms with Crippen molar-refractivity contribution in [2.24, 2.45) is 11.1 Å². The van der Waals surface area contributed by atoms with Gasteiger partial charge in [0.25, 0.3) is 0 Å². The first-order chi connectivity index (χ1) is 9.17. The SMILES string of the molecule is NS(=O)(=O)c1ccc(F)c(NS(=O)(=O)CCC2CC2)c1. The van der Waals surface area contributed by atoms with Crippen LogP contribution in [0.3, 0.4) is 0 Å². The smallest absolute Gasteiger partial charge is 0.238 e. The maximum atomic E-state index is 13.5. The molecule has 1 fully saturated rings. The molecule has 0 aromatic heterocycles. The molecule has 0 bridgehead atoms. The van der Waals surface area contributed by atoms with Crippen LogP contribution in [0.4, 0.5) is 10.1 Å². The minimum absolute atomic E-state index is 0.114. The number of halogens is 1. The summed E-state index contributed by atoms with van der Waals surface area (Å²) in [6.07, 6.45) is 2.56. The number of nitrogens with two attached hydrogens (primary N) is 1. The molecule has 1 aromatic carbocycles. The fraction of sp³-hybridized carbons (Fsp3) is 0.455. The molecule has 0 saturated heterocycles. The second-order valence-electron chi connectivity index (χ2n) is 4.84.